The van der Waals surface area contributed by atoms with Crippen molar-refractivity contribution in [2.45, 2.75) is 57.5 Å². The van der Waals surface area contributed by atoms with E-state index in [9.17, 15) is 4.80 Å². The zero-order valence-electron chi connectivity index (χ0n) is 15.2. The van der Waals surface area contributed by atoms with E-state index in [1.807, 2.05) is 36.4 Å². The van der Waals surface area contributed by atoms with E-state index < -0.39 is 8.32 Å². The molecule has 0 bridgehead atoms. The van der Waals surface area contributed by atoms with Crippen LogP contribution in [-0.2, 0) is 0 Å². The van der Waals surface area contributed by atoms with Crippen LogP contribution in [0, 0.1) is 0 Å². The monoisotopic (exact) mass is 341 g/mol. The highest BCUT2D eigenvalue weighted by Gasteiger charge is 2.49. The van der Waals surface area contributed by atoms with Gasteiger partial charge in [0.25, 0.3) is 8.32 Å². The summed E-state index contributed by atoms with van der Waals surface area (Å²) in [6, 6.07) is 20.7. The van der Waals surface area contributed by atoms with Gasteiger partial charge in [-0.1, -0.05) is 87.4 Å². The van der Waals surface area contributed by atoms with Crippen molar-refractivity contribution < 1.29 is 4.80 Å². The molecule has 3 N–H and O–H groups in total. The maximum Gasteiger partial charge on any atom is 0.258 e. The summed E-state index contributed by atoms with van der Waals surface area (Å²) in [6.45, 7) is 6.51. The smallest absolute Gasteiger partial charge is 0.258 e. The Hall–Kier alpha value is -1.42. The van der Waals surface area contributed by atoms with Gasteiger partial charge in [0.05, 0.1) is 0 Å². The summed E-state index contributed by atoms with van der Waals surface area (Å²) in [7, 11) is -2.84. The summed E-state index contributed by atoms with van der Waals surface area (Å²) in [5.41, 5.74) is 5.87. The summed E-state index contributed by atoms with van der Waals surface area (Å²) in [5, 5.41) is 2.04. The zero-order chi connectivity index (χ0) is 17.6. The Kier molecular flexibility index (Phi) is 6.38. The van der Waals surface area contributed by atoms with Crippen LogP contribution in [0.5, 0.6) is 0 Å². The molecule has 0 heterocycles. The summed E-state index contributed by atoms with van der Waals surface area (Å²) in [5.74, 6) is 0. The Balaban J connectivity index is 2.32. The quantitative estimate of drug-likeness (QED) is 0.571. The van der Waals surface area contributed by atoms with Crippen molar-refractivity contribution in [1.82, 2.24) is 0 Å². The fourth-order valence-electron chi connectivity index (χ4n) is 3.52. The van der Waals surface area contributed by atoms with E-state index >= 15 is 0 Å². The van der Waals surface area contributed by atoms with Gasteiger partial charge < -0.3 is 10.5 Å². The number of rotatable bonds is 8. The van der Waals surface area contributed by atoms with Crippen LogP contribution in [0.4, 0.5) is 0 Å². The first-order valence-corrected chi connectivity index (χ1v) is 10.9. The fraction of sp³-hybridized carbons (Fsp3) is 0.429. The molecule has 130 valence electrons. The van der Waals surface area contributed by atoms with Gasteiger partial charge in [-0.3, -0.25) is 0 Å². The summed E-state index contributed by atoms with van der Waals surface area (Å²) >= 11 is 0. The maximum absolute atomic E-state index is 12.0. The highest BCUT2D eigenvalue weighted by Crippen LogP contribution is 2.40. The van der Waals surface area contributed by atoms with Crippen LogP contribution in [0.1, 0.15) is 46.5 Å². The van der Waals surface area contributed by atoms with Gasteiger partial charge in [-0.25, -0.2) is 0 Å². The van der Waals surface area contributed by atoms with Crippen molar-refractivity contribution in [3.8, 4) is 0 Å². The molecule has 0 amide bonds. The van der Waals surface area contributed by atoms with Crippen molar-refractivity contribution in [3.05, 3.63) is 60.7 Å². The molecule has 24 heavy (non-hydrogen) atoms. The minimum Gasteiger partial charge on any atom is -0.424 e. The molecule has 0 saturated carbocycles. The van der Waals surface area contributed by atoms with E-state index in [1.165, 1.54) is 0 Å². The summed E-state index contributed by atoms with van der Waals surface area (Å²) < 4.78 is 0. The molecule has 0 aliphatic carbocycles. The van der Waals surface area contributed by atoms with Gasteiger partial charge in [-0.15, -0.1) is 0 Å². The lowest BCUT2D eigenvalue weighted by molar-refractivity contribution is 0.444. The zero-order valence-corrected chi connectivity index (χ0v) is 16.2. The Bertz CT molecular complexity index is 571. The van der Waals surface area contributed by atoms with E-state index in [2.05, 4.69) is 45.0 Å². The van der Waals surface area contributed by atoms with Crippen LogP contribution < -0.4 is 16.1 Å². The Morgan fingerprint density at radius 2 is 1.38 bits per heavy atom. The number of hydrogen-bond donors (Lipinski definition) is 2. The molecular formula is C21H31NOSi. The lowest BCUT2D eigenvalue weighted by Gasteiger charge is -2.41. The van der Waals surface area contributed by atoms with Gasteiger partial charge in [0.2, 0.25) is 0 Å². The molecular weight excluding hydrogens is 310 g/mol. The first-order chi connectivity index (χ1) is 11.4. The lowest BCUT2D eigenvalue weighted by atomic mass is 10.0. The predicted octanol–water partition coefficient (Wildman–Crippen LogP) is 3.43. The van der Waals surface area contributed by atoms with Gasteiger partial charge >= 0.3 is 0 Å². The van der Waals surface area contributed by atoms with Crippen LogP contribution in [-0.4, -0.2) is 19.2 Å². The fourth-order valence-corrected chi connectivity index (χ4v) is 7.31. The van der Waals surface area contributed by atoms with Crippen molar-refractivity contribution in [2.24, 2.45) is 5.73 Å². The molecule has 0 aliphatic rings. The third-order valence-corrected chi connectivity index (χ3v) is 9.62. The number of hydrogen-bond acceptors (Lipinski definition) is 2. The molecule has 1 unspecified atom stereocenters. The summed E-state index contributed by atoms with van der Waals surface area (Å²) in [6.07, 6.45) is 4.28. The maximum atomic E-state index is 12.0. The standard InChI is InChI=1S/C21H31NOSi/c1-18(22)12-10-11-17-21(2,3)24(23,19-13-6-4-7-14-19)20-15-8-5-9-16-20/h4-9,13-16,18,23H,10-12,17,22H2,1-3H3. The van der Waals surface area contributed by atoms with Crippen LogP contribution in [0.25, 0.3) is 0 Å². The average molecular weight is 342 g/mol. The molecule has 0 aliphatic heterocycles. The topological polar surface area (TPSA) is 46.2 Å². The van der Waals surface area contributed by atoms with E-state index in [-0.39, 0.29) is 11.1 Å². The second-order valence-electron chi connectivity index (χ2n) is 7.55. The molecule has 2 aromatic carbocycles. The lowest BCUT2D eigenvalue weighted by Crippen LogP contribution is -2.65. The van der Waals surface area contributed by atoms with Gasteiger partial charge in [0, 0.05) is 6.04 Å². The largest absolute Gasteiger partial charge is 0.424 e. The van der Waals surface area contributed by atoms with Crippen LogP contribution in [0.3, 0.4) is 0 Å². The second kappa shape index (κ2) is 8.10. The molecule has 2 rings (SSSR count). The molecule has 3 heteroatoms. The third kappa shape index (κ3) is 4.15. The number of unbranched alkanes of at least 4 members (excludes halogenated alkanes) is 1. The molecule has 0 spiro atoms. The molecule has 0 saturated heterocycles. The Morgan fingerprint density at radius 3 is 1.79 bits per heavy atom. The van der Waals surface area contributed by atoms with E-state index in [1.54, 1.807) is 0 Å². The van der Waals surface area contributed by atoms with Crippen molar-refractivity contribution >= 4 is 18.7 Å². The highest BCUT2D eigenvalue weighted by atomic mass is 28.4. The first kappa shape index (κ1) is 18.9. The van der Waals surface area contributed by atoms with Crippen molar-refractivity contribution in [2.75, 3.05) is 0 Å². The van der Waals surface area contributed by atoms with E-state index in [0.29, 0.717) is 0 Å². The Morgan fingerprint density at radius 1 is 0.917 bits per heavy atom. The molecule has 2 aromatic rings. The van der Waals surface area contributed by atoms with Gasteiger partial charge in [-0.05, 0) is 35.2 Å². The van der Waals surface area contributed by atoms with Crippen LogP contribution >= 0.6 is 0 Å². The van der Waals surface area contributed by atoms with Crippen LogP contribution in [0.2, 0.25) is 5.04 Å². The van der Waals surface area contributed by atoms with Gasteiger partial charge in [0.1, 0.15) is 0 Å². The van der Waals surface area contributed by atoms with Gasteiger partial charge in [-0.2, -0.15) is 0 Å². The highest BCUT2D eigenvalue weighted by molar-refractivity contribution is 6.98. The van der Waals surface area contributed by atoms with Gasteiger partial charge in [0.15, 0.2) is 0 Å². The molecule has 0 fully saturated rings. The molecule has 1 atom stereocenters. The van der Waals surface area contributed by atoms with Crippen molar-refractivity contribution in [3.63, 3.8) is 0 Å². The van der Waals surface area contributed by atoms with Crippen LogP contribution in [0.15, 0.2) is 60.7 Å². The molecule has 0 aromatic heterocycles. The number of benzene rings is 2. The van der Waals surface area contributed by atoms with Crippen molar-refractivity contribution in [1.29, 1.82) is 0 Å². The normalized spacial score (nSPS) is 13.7. The summed E-state index contributed by atoms with van der Waals surface area (Å²) in [4.78, 5) is 12.0. The minimum absolute atomic E-state index is 0.145. The SMILES string of the molecule is CC(N)CCCCC(C)(C)[Si](O)(c1ccccc1)c1ccccc1. The predicted molar refractivity (Wildman–Crippen MR) is 106 cm³/mol. The Labute approximate surface area is 147 Å². The molecule has 0 radical (unpaired) electrons. The first-order valence-electron chi connectivity index (χ1n) is 8.97. The van der Waals surface area contributed by atoms with E-state index in [0.717, 1.165) is 36.1 Å². The average Bonchev–Trinajstić information content (AvgIpc) is 2.59. The van der Waals surface area contributed by atoms with E-state index in [4.69, 9.17) is 5.73 Å². The molecule has 2 nitrogen and oxygen atoms in total. The minimum atomic E-state index is -2.84. The third-order valence-electron chi connectivity index (χ3n) is 5.07. The number of nitrogens with two attached hydrogens (primary N) is 1. The second-order valence-corrected chi connectivity index (χ2v) is 11.5.